The van der Waals surface area contributed by atoms with E-state index in [4.69, 9.17) is 16.3 Å². The van der Waals surface area contributed by atoms with E-state index in [1.165, 1.54) is 12.1 Å². The second-order valence-electron chi connectivity index (χ2n) is 5.25. The van der Waals surface area contributed by atoms with Crippen molar-refractivity contribution in [3.8, 4) is 5.75 Å². The number of benzene rings is 2. The highest BCUT2D eigenvalue weighted by Gasteiger charge is 2.32. The van der Waals surface area contributed by atoms with Gasteiger partial charge in [-0.15, -0.1) is 0 Å². The molecule has 0 bridgehead atoms. The van der Waals surface area contributed by atoms with Crippen LogP contribution in [0.25, 0.3) is 0 Å². The predicted molar refractivity (Wildman–Crippen MR) is 83.4 cm³/mol. The first-order valence-corrected chi connectivity index (χ1v) is 8.73. The van der Waals surface area contributed by atoms with Crippen molar-refractivity contribution in [2.75, 3.05) is 18.1 Å². The molecule has 5 nitrogen and oxygen atoms in total. The summed E-state index contributed by atoms with van der Waals surface area (Å²) in [6.45, 7) is 0.439. The molecule has 2 aromatic rings. The number of hydrogen-bond acceptors (Lipinski definition) is 5. The zero-order valence-corrected chi connectivity index (χ0v) is 14.0. The van der Waals surface area contributed by atoms with E-state index >= 15 is 0 Å². The topological polar surface area (TPSA) is 69.7 Å². The van der Waals surface area contributed by atoms with Crippen LogP contribution in [0.2, 0.25) is 5.02 Å². The molecule has 0 aromatic heterocycles. The molecule has 25 heavy (non-hydrogen) atoms. The van der Waals surface area contributed by atoms with Gasteiger partial charge in [-0.3, -0.25) is 0 Å². The maximum atomic E-state index is 12.8. The summed E-state index contributed by atoms with van der Waals surface area (Å²) >= 11 is 6.01. The van der Waals surface area contributed by atoms with Gasteiger partial charge in [0.1, 0.15) is 22.5 Å². The molecule has 1 aliphatic heterocycles. The Kier molecular flexibility index (Phi) is 4.34. The summed E-state index contributed by atoms with van der Waals surface area (Å²) in [5.74, 6) is 0.138. The summed E-state index contributed by atoms with van der Waals surface area (Å²) in [5, 5.41) is -0.108. The van der Waals surface area contributed by atoms with Crippen LogP contribution >= 0.6 is 11.6 Å². The number of hydrogen-bond donors (Lipinski definition) is 0. The number of alkyl halides is 3. The lowest BCUT2D eigenvalue weighted by Gasteiger charge is -2.32. The smallest absolute Gasteiger partial charge is 0.416 e. The van der Waals surface area contributed by atoms with Crippen LogP contribution in [0.5, 0.6) is 5.75 Å². The zero-order valence-electron chi connectivity index (χ0n) is 12.4. The second kappa shape index (κ2) is 6.08. The molecule has 3 rings (SSSR count). The van der Waals surface area contributed by atoms with Gasteiger partial charge < -0.3 is 14.2 Å². The fraction of sp³-hybridized carbons (Fsp3) is 0.200. The van der Waals surface area contributed by atoms with E-state index in [9.17, 15) is 26.1 Å². The molecule has 0 unspecified atom stereocenters. The number of fused-ring (bicyclic) bond motifs is 1. The molecule has 0 saturated carbocycles. The normalized spacial score (nSPS) is 14.8. The first-order chi connectivity index (χ1) is 11.6. The fourth-order valence-electron chi connectivity index (χ4n) is 2.51. The second-order valence-corrected chi connectivity index (χ2v) is 7.03. The van der Waals surface area contributed by atoms with Crippen LogP contribution in [0.4, 0.5) is 24.5 Å². The Bertz CT molecular complexity index is 931. The highest BCUT2D eigenvalue weighted by molar-refractivity contribution is 7.85. The van der Waals surface area contributed by atoms with Crippen LogP contribution in [-0.4, -0.2) is 26.1 Å². The lowest BCUT2D eigenvalue weighted by molar-refractivity contribution is -0.137. The lowest BCUT2D eigenvalue weighted by atomic mass is 10.1. The molecular weight excluding hydrogens is 383 g/mol. The van der Waals surface area contributed by atoms with Gasteiger partial charge in [0.25, 0.3) is 0 Å². The molecular formula is C15H10ClF3NO4S-. The molecule has 2 aromatic carbocycles. The monoisotopic (exact) mass is 392 g/mol. The van der Waals surface area contributed by atoms with Crippen molar-refractivity contribution in [2.24, 2.45) is 0 Å². The summed E-state index contributed by atoms with van der Waals surface area (Å²) in [5.41, 5.74) is -0.153. The van der Waals surface area contributed by atoms with E-state index in [0.717, 1.165) is 24.3 Å². The van der Waals surface area contributed by atoms with Gasteiger partial charge in [0.2, 0.25) is 0 Å². The molecule has 134 valence electrons. The largest absolute Gasteiger partial charge is 0.744 e. The van der Waals surface area contributed by atoms with Gasteiger partial charge in [0, 0.05) is 0 Å². The molecule has 0 aliphatic carbocycles. The number of nitrogens with zero attached hydrogens (tertiary/aromatic N) is 1. The van der Waals surface area contributed by atoms with Crippen LogP contribution in [0.1, 0.15) is 5.56 Å². The molecule has 0 radical (unpaired) electrons. The Hall–Kier alpha value is -1.97. The van der Waals surface area contributed by atoms with Crippen LogP contribution < -0.4 is 9.64 Å². The molecule has 10 heteroatoms. The van der Waals surface area contributed by atoms with Gasteiger partial charge in [-0.05, 0) is 36.4 Å². The summed E-state index contributed by atoms with van der Waals surface area (Å²) in [4.78, 5) is 1.15. The quantitative estimate of drug-likeness (QED) is 0.727. The Morgan fingerprint density at radius 2 is 1.80 bits per heavy atom. The van der Waals surface area contributed by atoms with Crippen molar-refractivity contribution in [3.05, 3.63) is 47.0 Å². The third-order valence-electron chi connectivity index (χ3n) is 3.65. The molecule has 1 aliphatic rings. The van der Waals surface area contributed by atoms with E-state index in [2.05, 4.69) is 0 Å². The highest BCUT2D eigenvalue weighted by atomic mass is 35.5. The van der Waals surface area contributed by atoms with E-state index in [1.807, 2.05) is 0 Å². The van der Waals surface area contributed by atoms with E-state index in [1.54, 1.807) is 4.90 Å². The minimum Gasteiger partial charge on any atom is -0.744 e. The van der Waals surface area contributed by atoms with Crippen LogP contribution in [0.15, 0.2) is 41.3 Å². The van der Waals surface area contributed by atoms with Gasteiger partial charge in [-0.25, -0.2) is 8.42 Å². The Morgan fingerprint density at radius 1 is 1.12 bits per heavy atom. The first-order valence-electron chi connectivity index (χ1n) is 6.94. The Morgan fingerprint density at radius 3 is 2.40 bits per heavy atom. The van der Waals surface area contributed by atoms with E-state index in [-0.39, 0.29) is 17.4 Å². The summed E-state index contributed by atoms with van der Waals surface area (Å²) in [6, 6.07) is 6.52. The van der Waals surface area contributed by atoms with Gasteiger partial charge in [-0.1, -0.05) is 11.6 Å². The van der Waals surface area contributed by atoms with Crippen molar-refractivity contribution in [1.29, 1.82) is 0 Å². The van der Waals surface area contributed by atoms with Gasteiger partial charge in [0.05, 0.1) is 33.4 Å². The Balaban J connectivity index is 2.04. The minimum atomic E-state index is -4.65. The van der Waals surface area contributed by atoms with Crippen molar-refractivity contribution in [2.45, 2.75) is 11.1 Å². The summed E-state index contributed by atoms with van der Waals surface area (Å²) in [6.07, 6.45) is -4.51. The standard InChI is InChI=1S/C15H11ClF3NO4S/c16-11-7-9(15(17,18)19)1-3-12(11)20-5-6-24-14-8-10(25(21,22)23)2-4-13(14)20/h1-4,7-8H,5-6H2,(H,21,22,23)/p-1. The van der Waals surface area contributed by atoms with Crippen molar-refractivity contribution in [1.82, 2.24) is 0 Å². The molecule has 0 amide bonds. The maximum Gasteiger partial charge on any atom is 0.416 e. The van der Waals surface area contributed by atoms with Gasteiger partial charge in [0.15, 0.2) is 0 Å². The minimum absolute atomic E-state index is 0.108. The SMILES string of the molecule is O=S(=O)([O-])c1ccc2c(c1)OCCN2c1ccc(C(F)(F)F)cc1Cl. The molecule has 0 spiro atoms. The highest BCUT2D eigenvalue weighted by Crippen LogP contribution is 2.42. The molecule has 0 atom stereocenters. The fourth-order valence-corrected chi connectivity index (χ4v) is 3.28. The van der Waals surface area contributed by atoms with E-state index in [0.29, 0.717) is 17.9 Å². The number of rotatable bonds is 2. The van der Waals surface area contributed by atoms with Crippen molar-refractivity contribution >= 4 is 33.1 Å². The first kappa shape index (κ1) is 17.8. The summed E-state index contributed by atoms with van der Waals surface area (Å²) < 4.78 is 76.9. The molecule has 0 fully saturated rings. The Labute approximate surface area is 146 Å². The van der Waals surface area contributed by atoms with Gasteiger partial charge in [-0.2, -0.15) is 13.2 Å². The van der Waals surface area contributed by atoms with Crippen LogP contribution in [0.3, 0.4) is 0 Å². The third-order valence-corrected chi connectivity index (χ3v) is 4.78. The van der Waals surface area contributed by atoms with Crippen LogP contribution in [-0.2, 0) is 16.3 Å². The maximum absolute atomic E-state index is 12.8. The van der Waals surface area contributed by atoms with Gasteiger partial charge >= 0.3 is 6.18 Å². The third kappa shape index (κ3) is 3.53. The van der Waals surface area contributed by atoms with Crippen molar-refractivity contribution in [3.63, 3.8) is 0 Å². The van der Waals surface area contributed by atoms with E-state index < -0.39 is 26.8 Å². The molecule has 0 saturated heterocycles. The van der Waals surface area contributed by atoms with Crippen LogP contribution in [0, 0.1) is 0 Å². The summed E-state index contributed by atoms with van der Waals surface area (Å²) in [7, 11) is -4.65. The lowest BCUT2D eigenvalue weighted by Crippen LogP contribution is -2.29. The average Bonchev–Trinajstić information content (AvgIpc) is 2.52. The average molecular weight is 393 g/mol. The number of anilines is 2. The number of halogens is 4. The van der Waals surface area contributed by atoms with Crippen molar-refractivity contribution < 1.29 is 30.9 Å². The predicted octanol–water partition coefficient (Wildman–Crippen LogP) is 3.79. The zero-order chi connectivity index (χ0) is 18.4. The molecule has 0 N–H and O–H groups in total. The molecule has 1 heterocycles. The number of ether oxygens (including phenoxy) is 1.